The van der Waals surface area contributed by atoms with Crippen molar-refractivity contribution in [1.82, 2.24) is 0 Å². The number of carboxylic acid groups (broad SMARTS) is 1. The van der Waals surface area contributed by atoms with Gasteiger partial charge in [-0.15, -0.1) is 0 Å². The van der Waals surface area contributed by atoms with Crippen molar-refractivity contribution in [2.24, 2.45) is 0 Å². The van der Waals surface area contributed by atoms with E-state index < -0.39 is 29.0 Å². The van der Waals surface area contributed by atoms with Gasteiger partial charge in [0.1, 0.15) is 17.5 Å². The number of carbonyl (C=O) groups is 1. The summed E-state index contributed by atoms with van der Waals surface area (Å²) in [5.74, 6) is -3.88. The van der Waals surface area contributed by atoms with Gasteiger partial charge in [-0.25, -0.2) is 18.0 Å². The van der Waals surface area contributed by atoms with Crippen LogP contribution in [0.5, 0.6) is 0 Å². The molecule has 0 radical (unpaired) electrons. The molecule has 2 aromatic rings. The molecule has 0 unspecified atom stereocenters. The molecule has 0 saturated heterocycles. The summed E-state index contributed by atoms with van der Waals surface area (Å²) in [6, 6.07) is 6.13. The highest BCUT2D eigenvalue weighted by Gasteiger charge is 2.11. The highest BCUT2D eigenvalue weighted by Crippen LogP contribution is 2.22. The Morgan fingerprint density at radius 2 is 1.74 bits per heavy atom. The van der Waals surface area contributed by atoms with Gasteiger partial charge in [0.05, 0.1) is 11.3 Å². The molecule has 0 fully saturated rings. The van der Waals surface area contributed by atoms with Gasteiger partial charge in [-0.05, 0) is 30.3 Å². The van der Waals surface area contributed by atoms with Crippen molar-refractivity contribution < 1.29 is 23.1 Å². The maximum Gasteiger partial charge on any atom is 0.338 e. The summed E-state index contributed by atoms with van der Waals surface area (Å²) < 4.78 is 39.3. The van der Waals surface area contributed by atoms with Crippen LogP contribution in [-0.2, 0) is 0 Å². The lowest BCUT2D eigenvalue weighted by molar-refractivity contribution is 0.0692. The minimum Gasteiger partial charge on any atom is -0.478 e. The first-order chi connectivity index (χ1) is 8.97. The molecule has 0 aliphatic rings. The van der Waals surface area contributed by atoms with Crippen molar-refractivity contribution in [1.29, 1.82) is 0 Å². The molecule has 6 heteroatoms. The van der Waals surface area contributed by atoms with Gasteiger partial charge in [0.15, 0.2) is 0 Å². The average molecular weight is 267 g/mol. The monoisotopic (exact) mass is 267 g/mol. The topological polar surface area (TPSA) is 49.3 Å². The van der Waals surface area contributed by atoms with E-state index in [1.807, 2.05) is 0 Å². The Morgan fingerprint density at radius 1 is 1.00 bits per heavy atom. The lowest BCUT2D eigenvalue weighted by Gasteiger charge is -2.08. The molecule has 0 heterocycles. The molecular formula is C13H8F3NO2. The quantitative estimate of drug-likeness (QED) is 0.894. The number of benzene rings is 2. The van der Waals surface area contributed by atoms with Crippen LogP contribution in [0.2, 0.25) is 0 Å². The van der Waals surface area contributed by atoms with Gasteiger partial charge >= 0.3 is 5.97 Å². The Bertz CT molecular complexity index is 644. The van der Waals surface area contributed by atoms with E-state index in [9.17, 15) is 18.0 Å². The first kappa shape index (κ1) is 12.9. The number of aromatic carboxylic acids is 1. The third kappa shape index (κ3) is 2.85. The van der Waals surface area contributed by atoms with Crippen molar-refractivity contribution in [2.75, 3.05) is 5.32 Å². The van der Waals surface area contributed by atoms with E-state index >= 15 is 0 Å². The average Bonchev–Trinajstić information content (AvgIpc) is 2.34. The summed E-state index contributed by atoms with van der Waals surface area (Å²) >= 11 is 0. The van der Waals surface area contributed by atoms with Crippen LogP contribution in [0, 0.1) is 17.5 Å². The van der Waals surface area contributed by atoms with Gasteiger partial charge in [-0.1, -0.05) is 0 Å². The predicted molar refractivity (Wildman–Crippen MR) is 63.0 cm³/mol. The molecule has 19 heavy (non-hydrogen) atoms. The predicted octanol–water partition coefficient (Wildman–Crippen LogP) is 3.55. The van der Waals surface area contributed by atoms with E-state index in [1.165, 1.54) is 6.07 Å². The van der Waals surface area contributed by atoms with Crippen LogP contribution >= 0.6 is 0 Å². The zero-order valence-electron chi connectivity index (χ0n) is 9.45. The molecular weight excluding hydrogens is 259 g/mol. The van der Waals surface area contributed by atoms with Gasteiger partial charge < -0.3 is 10.4 Å². The maximum absolute atomic E-state index is 13.4. The third-order valence-corrected chi connectivity index (χ3v) is 2.41. The molecule has 0 aromatic heterocycles. The van der Waals surface area contributed by atoms with E-state index in [0.717, 1.165) is 24.3 Å². The smallest absolute Gasteiger partial charge is 0.338 e. The molecule has 3 nitrogen and oxygen atoms in total. The molecule has 0 amide bonds. The summed E-state index contributed by atoms with van der Waals surface area (Å²) in [6.07, 6.45) is 0. The van der Waals surface area contributed by atoms with Gasteiger partial charge in [0, 0.05) is 11.8 Å². The highest BCUT2D eigenvalue weighted by atomic mass is 19.1. The van der Waals surface area contributed by atoms with Crippen molar-refractivity contribution >= 4 is 17.3 Å². The van der Waals surface area contributed by atoms with E-state index in [2.05, 4.69) is 5.32 Å². The van der Waals surface area contributed by atoms with Crippen molar-refractivity contribution in [3.05, 3.63) is 59.4 Å². The number of hydrogen-bond acceptors (Lipinski definition) is 2. The van der Waals surface area contributed by atoms with E-state index in [0.29, 0.717) is 6.07 Å². The minimum absolute atomic E-state index is 0.0376. The zero-order valence-corrected chi connectivity index (χ0v) is 9.45. The molecule has 0 aliphatic heterocycles. The van der Waals surface area contributed by atoms with Crippen molar-refractivity contribution in [3.63, 3.8) is 0 Å². The summed E-state index contributed by atoms with van der Waals surface area (Å²) in [5, 5.41) is 11.3. The number of halogens is 3. The summed E-state index contributed by atoms with van der Waals surface area (Å²) in [6.45, 7) is 0. The van der Waals surface area contributed by atoms with Crippen LogP contribution in [0.4, 0.5) is 24.5 Å². The molecule has 0 bridgehead atoms. The Balaban J connectivity index is 2.33. The Morgan fingerprint density at radius 3 is 2.37 bits per heavy atom. The molecule has 0 saturated carbocycles. The molecule has 0 spiro atoms. The van der Waals surface area contributed by atoms with E-state index in [-0.39, 0.29) is 11.4 Å². The van der Waals surface area contributed by atoms with Crippen molar-refractivity contribution in [2.45, 2.75) is 0 Å². The summed E-state index contributed by atoms with van der Waals surface area (Å²) in [4.78, 5) is 10.7. The lowest BCUT2D eigenvalue weighted by atomic mass is 10.2. The van der Waals surface area contributed by atoms with E-state index in [4.69, 9.17) is 5.11 Å². The Labute approximate surface area is 106 Å². The Kier molecular flexibility index (Phi) is 3.41. The number of anilines is 2. The number of nitrogens with one attached hydrogen (secondary N) is 1. The van der Waals surface area contributed by atoms with Gasteiger partial charge in [-0.2, -0.15) is 0 Å². The minimum atomic E-state index is -1.43. The van der Waals surface area contributed by atoms with Crippen LogP contribution in [0.1, 0.15) is 10.4 Å². The molecule has 2 rings (SSSR count). The van der Waals surface area contributed by atoms with Gasteiger partial charge in [-0.3, -0.25) is 0 Å². The number of carboxylic acids is 1. The molecule has 2 aromatic carbocycles. The molecule has 0 aliphatic carbocycles. The second-order valence-corrected chi connectivity index (χ2v) is 3.75. The zero-order chi connectivity index (χ0) is 14.0. The largest absolute Gasteiger partial charge is 0.478 e. The van der Waals surface area contributed by atoms with Crippen LogP contribution in [0.3, 0.4) is 0 Å². The number of rotatable bonds is 3. The van der Waals surface area contributed by atoms with E-state index in [1.54, 1.807) is 0 Å². The van der Waals surface area contributed by atoms with Crippen molar-refractivity contribution in [3.8, 4) is 0 Å². The first-order valence-corrected chi connectivity index (χ1v) is 5.22. The summed E-state index contributed by atoms with van der Waals surface area (Å²) in [5.41, 5.74) is -0.388. The normalized spacial score (nSPS) is 10.3. The van der Waals surface area contributed by atoms with Gasteiger partial charge in [0.25, 0.3) is 0 Å². The van der Waals surface area contributed by atoms with Crippen LogP contribution < -0.4 is 5.32 Å². The standard InChI is InChI=1S/C13H8F3NO2/c14-7-1-4-12(11(16)5-7)17-8-2-3-10(15)9(6-8)13(18)19/h1-6,17H,(H,18,19). The second kappa shape index (κ2) is 5.01. The molecule has 0 atom stereocenters. The van der Waals surface area contributed by atoms with Crippen LogP contribution in [0.15, 0.2) is 36.4 Å². The maximum atomic E-state index is 13.4. The molecule has 2 N–H and O–H groups in total. The van der Waals surface area contributed by atoms with Gasteiger partial charge in [0.2, 0.25) is 0 Å². The first-order valence-electron chi connectivity index (χ1n) is 5.22. The Hall–Kier alpha value is -2.50. The number of hydrogen-bond donors (Lipinski definition) is 2. The van der Waals surface area contributed by atoms with Crippen LogP contribution in [-0.4, -0.2) is 11.1 Å². The summed E-state index contributed by atoms with van der Waals surface area (Å²) in [7, 11) is 0. The fraction of sp³-hybridized carbons (Fsp3) is 0. The molecule has 98 valence electrons. The SMILES string of the molecule is O=C(O)c1cc(Nc2ccc(F)cc2F)ccc1F. The highest BCUT2D eigenvalue weighted by molar-refractivity contribution is 5.89. The second-order valence-electron chi connectivity index (χ2n) is 3.75. The fourth-order valence-electron chi connectivity index (χ4n) is 1.51. The third-order valence-electron chi connectivity index (χ3n) is 2.41. The van der Waals surface area contributed by atoms with Crippen LogP contribution in [0.25, 0.3) is 0 Å². The lowest BCUT2D eigenvalue weighted by Crippen LogP contribution is -2.02. The fourth-order valence-corrected chi connectivity index (χ4v) is 1.51.